The molecule has 8 nitrogen and oxygen atoms in total. The molecule has 2 N–H and O–H groups in total. The third-order valence-electron chi connectivity index (χ3n) is 7.00. The van der Waals surface area contributed by atoms with Crippen LogP contribution < -0.4 is 10.0 Å². The zero-order valence-electron chi connectivity index (χ0n) is 18.9. The number of benzene rings is 1. The molecule has 9 heteroatoms. The number of sulfonamides is 1. The van der Waals surface area contributed by atoms with Crippen LogP contribution in [0, 0.1) is 5.92 Å². The zero-order chi connectivity index (χ0) is 22.6. The summed E-state index contributed by atoms with van der Waals surface area (Å²) in [6.07, 6.45) is 7.62. The van der Waals surface area contributed by atoms with E-state index in [2.05, 4.69) is 9.80 Å². The maximum absolute atomic E-state index is 13.6. The van der Waals surface area contributed by atoms with E-state index in [9.17, 15) is 13.2 Å². The molecular formula is C23H36N4O4S. The normalized spacial score (nSPS) is 22.0. The van der Waals surface area contributed by atoms with Crippen LogP contribution in [0.25, 0.3) is 0 Å². The van der Waals surface area contributed by atoms with Crippen LogP contribution in [0.5, 0.6) is 0 Å². The van der Waals surface area contributed by atoms with Gasteiger partial charge in [0.1, 0.15) is 0 Å². The lowest BCUT2D eigenvalue weighted by Crippen LogP contribution is -2.40. The fourth-order valence-corrected chi connectivity index (χ4v) is 5.75. The summed E-state index contributed by atoms with van der Waals surface area (Å²) in [4.78, 5) is 20.1. The molecule has 0 aromatic heterocycles. The average molecular weight is 465 g/mol. The largest absolute Gasteiger partial charge is 0.378 e. The van der Waals surface area contributed by atoms with Gasteiger partial charge >= 0.3 is 0 Å². The second-order valence-corrected chi connectivity index (χ2v) is 10.8. The van der Waals surface area contributed by atoms with Gasteiger partial charge in [-0.2, -0.15) is 0 Å². The molecule has 1 amide bonds. The summed E-state index contributed by atoms with van der Waals surface area (Å²) in [5.41, 5.74) is 1.17. The third kappa shape index (κ3) is 5.81. The van der Waals surface area contributed by atoms with Gasteiger partial charge in [-0.25, -0.2) is 13.6 Å². The maximum atomic E-state index is 13.6. The molecule has 2 aliphatic heterocycles. The van der Waals surface area contributed by atoms with Crippen molar-refractivity contribution in [3.63, 3.8) is 0 Å². The van der Waals surface area contributed by atoms with Gasteiger partial charge in [0.2, 0.25) is 10.0 Å². The number of nitrogens with two attached hydrogens (primary N) is 1. The van der Waals surface area contributed by atoms with Crippen molar-refractivity contribution in [2.75, 3.05) is 63.9 Å². The first-order valence-corrected chi connectivity index (χ1v) is 13.5. The van der Waals surface area contributed by atoms with Crippen LogP contribution in [0.15, 0.2) is 23.1 Å². The molecule has 0 atom stereocenters. The summed E-state index contributed by atoms with van der Waals surface area (Å²) in [6.45, 7) is 6.86. The molecule has 2 heterocycles. The van der Waals surface area contributed by atoms with Crippen molar-refractivity contribution in [1.82, 2.24) is 9.80 Å². The van der Waals surface area contributed by atoms with E-state index in [1.54, 1.807) is 6.07 Å². The van der Waals surface area contributed by atoms with Gasteiger partial charge in [0.15, 0.2) is 0 Å². The second-order valence-electron chi connectivity index (χ2n) is 9.27. The van der Waals surface area contributed by atoms with Gasteiger partial charge in [-0.05, 0) is 49.9 Å². The highest BCUT2D eigenvalue weighted by Gasteiger charge is 2.27. The molecule has 32 heavy (non-hydrogen) atoms. The van der Waals surface area contributed by atoms with Crippen molar-refractivity contribution in [1.29, 1.82) is 0 Å². The van der Waals surface area contributed by atoms with Gasteiger partial charge < -0.3 is 19.4 Å². The van der Waals surface area contributed by atoms with E-state index in [1.807, 2.05) is 4.90 Å². The number of ether oxygens (including phenoxy) is 1. The first-order chi connectivity index (χ1) is 15.4. The molecule has 2 saturated heterocycles. The van der Waals surface area contributed by atoms with Crippen molar-refractivity contribution < 1.29 is 17.9 Å². The molecule has 3 fully saturated rings. The monoisotopic (exact) mass is 464 g/mol. The minimum atomic E-state index is -3.89. The number of morpholine rings is 1. The predicted octanol–water partition coefficient (Wildman–Crippen LogP) is 1.90. The van der Waals surface area contributed by atoms with E-state index in [-0.39, 0.29) is 10.8 Å². The molecule has 0 radical (unpaired) electrons. The fraction of sp³-hybridized carbons (Fsp3) is 0.696. The quantitative estimate of drug-likeness (QED) is 0.715. The average Bonchev–Trinajstić information content (AvgIpc) is 3.04. The fourth-order valence-electron chi connectivity index (χ4n) is 5.21. The van der Waals surface area contributed by atoms with Crippen LogP contribution >= 0.6 is 0 Å². The lowest BCUT2D eigenvalue weighted by Gasteiger charge is -2.32. The number of anilines is 1. The van der Waals surface area contributed by atoms with Crippen LogP contribution in [-0.4, -0.2) is 83.2 Å². The van der Waals surface area contributed by atoms with Crippen LogP contribution in [0.2, 0.25) is 0 Å². The Kier molecular flexibility index (Phi) is 7.70. The Morgan fingerprint density at radius 3 is 2.44 bits per heavy atom. The van der Waals surface area contributed by atoms with Gasteiger partial charge in [0.05, 0.1) is 23.7 Å². The highest BCUT2D eigenvalue weighted by Crippen LogP contribution is 2.28. The van der Waals surface area contributed by atoms with Gasteiger partial charge in [-0.15, -0.1) is 0 Å². The molecule has 0 bridgehead atoms. The third-order valence-corrected chi connectivity index (χ3v) is 7.91. The highest BCUT2D eigenvalue weighted by atomic mass is 32.2. The van der Waals surface area contributed by atoms with Gasteiger partial charge in [0.25, 0.3) is 5.91 Å². The maximum Gasteiger partial charge on any atom is 0.256 e. The molecule has 4 rings (SSSR count). The minimum Gasteiger partial charge on any atom is -0.378 e. The Balaban J connectivity index is 1.50. The Morgan fingerprint density at radius 1 is 0.969 bits per heavy atom. The minimum absolute atomic E-state index is 0.0217. The number of hydrogen-bond donors (Lipinski definition) is 1. The van der Waals surface area contributed by atoms with Gasteiger partial charge in [-0.3, -0.25) is 4.79 Å². The Bertz CT molecular complexity index is 895. The number of carbonyl (C=O) groups is 1. The molecule has 1 aromatic carbocycles. The molecule has 1 aliphatic carbocycles. The molecule has 178 valence electrons. The molecular weight excluding hydrogens is 428 g/mol. The van der Waals surface area contributed by atoms with E-state index >= 15 is 0 Å². The second kappa shape index (κ2) is 10.5. The number of nitrogens with zero attached hydrogens (tertiary/aromatic N) is 3. The van der Waals surface area contributed by atoms with Crippen molar-refractivity contribution in [2.45, 2.75) is 43.4 Å². The standard InChI is InChI=1S/C23H36N4O4S/c24-32(29,30)20-7-8-22(26-13-15-31-16-14-26)21(17-20)23(28)27-10-4-9-25(11-12-27)18-19-5-2-1-3-6-19/h7-8,17,19H,1-6,9-16,18H2,(H2,24,29,30). The smallest absolute Gasteiger partial charge is 0.256 e. The highest BCUT2D eigenvalue weighted by molar-refractivity contribution is 7.89. The van der Waals surface area contributed by atoms with Crippen molar-refractivity contribution >= 4 is 21.6 Å². The van der Waals surface area contributed by atoms with Crippen molar-refractivity contribution in [3.8, 4) is 0 Å². The van der Waals surface area contributed by atoms with E-state index in [1.165, 1.54) is 44.2 Å². The lowest BCUT2D eigenvalue weighted by atomic mass is 9.89. The van der Waals surface area contributed by atoms with Crippen molar-refractivity contribution in [2.24, 2.45) is 11.1 Å². The van der Waals surface area contributed by atoms with E-state index < -0.39 is 10.0 Å². The van der Waals surface area contributed by atoms with Crippen LogP contribution in [0.3, 0.4) is 0 Å². The molecule has 3 aliphatic rings. The SMILES string of the molecule is NS(=O)(=O)c1ccc(N2CCOCC2)c(C(=O)N2CCCN(CC3CCCCC3)CC2)c1. The first kappa shape index (κ1) is 23.5. The summed E-state index contributed by atoms with van der Waals surface area (Å²) >= 11 is 0. The van der Waals surface area contributed by atoms with Gasteiger partial charge in [0, 0.05) is 45.0 Å². The number of primary sulfonamides is 1. The molecule has 0 spiro atoms. The van der Waals surface area contributed by atoms with Crippen LogP contribution in [-0.2, 0) is 14.8 Å². The van der Waals surface area contributed by atoms with Crippen molar-refractivity contribution in [3.05, 3.63) is 23.8 Å². The topological polar surface area (TPSA) is 96.2 Å². The number of hydrogen-bond acceptors (Lipinski definition) is 6. The molecule has 0 unspecified atom stereocenters. The number of rotatable bonds is 5. The van der Waals surface area contributed by atoms with Gasteiger partial charge in [-0.1, -0.05) is 19.3 Å². The van der Waals surface area contributed by atoms with Crippen LogP contribution in [0.4, 0.5) is 5.69 Å². The van der Waals surface area contributed by atoms with Crippen LogP contribution in [0.1, 0.15) is 48.9 Å². The Morgan fingerprint density at radius 2 is 1.72 bits per heavy atom. The summed E-state index contributed by atoms with van der Waals surface area (Å²) in [5.74, 6) is 0.668. The number of amides is 1. The summed E-state index contributed by atoms with van der Waals surface area (Å²) in [7, 11) is -3.89. The summed E-state index contributed by atoms with van der Waals surface area (Å²) in [6, 6.07) is 4.66. The lowest BCUT2D eigenvalue weighted by molar-refractivity contribution is 0.0759. The zero-order valence-corrected chi connectivity index (χ0v) is 19.7. The Hall–Kier alpha value is -1.68. The first-order valence-electron chi connectivity index (χ1n) is 11.9. The van der Waals surface area contributed by atoms with E-state index in [0.29, 0.717) is 45.0 Å². The number of carbonyl (C=O) groups excluding carboxylic acids is 1. The Labute approximate surface area is 191 Å². The van der Waals surface area contributed by atoms with E-state index in [0.717, 1.165) is 37.7 Å². The van der Waals surface area contributed by atoms with E-state index in [4.69, 9.17) is 9.88 Å². The summed E-state index contributed by atoms with van der Waals surface area (Å²) < 4.78 is 29.4. The predicted molar refractivity (Wildman–Crippen MR) is 124 cm³/mol. The molecule has 1 saturated carbocycles. The molecule has 1 aromatic rings. The summed E-state index contributed by atoms with van der Waals surface area (Å²) in [5, 5.41) is 5.37.